The van der Waals surface area contributed by atoms with Gasteiger partial charge in [0.05, 0.1) is 16.7 Å². The molecule has 3 rings (SSSR count). The summed E-state index contributed by atoms with van der Waals surface area (Å²) < 4.78 is 6.21. The van der Waals surface area contributed by atoms with Crippen molar-refractivity contribution in [2.75, 3.05) is 30.4 Å². The highest BCUT2D eigenvalue weighted by molar-refractivity contribution is 9.10. The molecule has 0 bridgehead atoms. The van der Waals surface area contributed by atoms with Crippen LogP contribution in [0.3, 0.4) is 0 Å². The maximum Gasteiger partial charge on any atom is 0.257 e. The van der Waals surface area contributed by atoms with Crippen LogP contribution in [0.5, 0.6) is 0 Å². The predicted octanol–water partition coefficient (Wildman–Crippen LogP) is 4.58. The summed E-state index contributed by atoms with van der Waals surface area (Å²) in [6.45, 7) is 1.88. The van der Waals surface area contributed by atoms with E-state index in [1.807, 2.05) is 24.3 Å². The molecule has 4 nitrogen and oxygen atoms in total. The number of methoxy groups -OCH3 is 1. The molecule has 0 spiro atoms. The van der Waals surface area contributed by atoms with Gasteiger partial charge in [0.25, 0.3) is 5.91 Å². The van der Waals surface area contributed by atoms with Crippen LogP contribution < -0.4 is 10.2 Å². The number of amides is 1. The lowest BCUT2D eigenvalue weighted by atomic mass is 10.2. The highest BCUT2D eigenvalue weighted by Gasteiger charge is 2.22. The van der Waals surface area contributed by atoms with Crippen LogP contribution in [0.1, 0.15) is 16.8 Å². The molecule has 1 N–H and O–H groups in total. The zero-order valence-corrected chi connectivity index (χ0v) is 15.6. The predicted molar refractivity (Wildman–Crippen MR) is 101 cm³/mol. The van der Waals surface area contributed by atoms with Crippen LogP contribution in [0.4, 0.5) is 11.4 Å². The number of nitrogens with zero attached hydrogens (tertiary/aromatic N) is 1. The van der Waals surface area contributed by atoms with Gasteiger partial charge in [-0.1, -0.05) is 27.5 Å². The van der Waals surface area contributed by atoms with Crippen molar-refractivity contribution in [3.8, 4) is 0 Å². The molecule has 0 unspecified atom stereocenters. The summed E-state index contributed by atoms with van der Waals surface area (Å²) in [6, 6.07) is 13.0. The van der Waals surface area contributed by atoms with Gasteiger partial charge < -0.3 is 15.0 Å². The van der Waals surface area contributed by atoms with Crippen LogP contribution in [0.2, 0.25) is 5.02 Å². The van der Waals surface area contributed by atoms with Gasteiger partial charge in [-0.15, -0.1) is 0 Å². The van der Waals surface area contributed by atoms with Gasteiger partial charge in [-0.3, -0.25) is 4.79 Å². The van der Waals surface area contributed by atoms with E-state index in [4.69, 9.17) is 16.3 Å². The van der Waals surface area contributed by atoms with Gasteiger partial charge in [0.15, 0.2) is 0 Å². The molecule has 0 radical (unpaired) electrons. The molecule has 1 aliphatic heterocycles. The van der Waals surface area contributed by atoms with E-state index < -0.39 is 0 Å². The fourth-order valence-corrected chi connectivity index (χ4v) is 3.35. The van der Waals surface area contributed by atoms with Crippen LogP contribution in [0.25, 0.3) is 0 Å². The minimum Gasteiger partial charge on any atom is -0.380 e. The Labute approximate surface area is 154 Å². The Morgan fingerprint density at radius 1 is 1.29 bits per heavy atom. The van der Waals surface area contributed by atoms with Gasteiger partial charge in [0, 0.05) is 36.0 Å². The number of carbonyl (C=O) groups excluding carboxylic acids is 1. The first-order valence-electron chi connectivity index (χ1n) is 7.71. The Morgan fingerprint density at radius 2 is 2.04 bits per heavy atom. The largest absolute Gasteiger partial charge is 0.380 e. The summed E-state index contributed by atoms with van der Waals surface area (Å²) in [4.78, 5) is 14.6. The molecule has 6 heteroatoms. The molecular formula is C18H18BrClN2O2. The van der Waals surface area contributed by atoms with E-state index in [9.17, 15) is 4.79 Å². The first-order valence-corrected chi connectivity index (χ1v) is 8.88. The molecule has 1 fully saturated rings. The molecule has 1 aliphatic rings. The van der Waals surface area contributed by atoms with E-state index >= 15 is 0 Å². The molecule has 0 aliphatic carbocycles. The van der Waals surface area contributed by atoms with Gasteiger partial charge in [-0.05, 0) is 48.9 Å². The Balaban J connectivity index is 1.68. The molecule has 0 aromatic heterocycles. The van der Waals surface area contributed by atoms with Gasteiger partial charge in [-0.25, -0.2) is 0 Å². The maximum atomic E-state index is 12.4. The van der Waals surface area contributed by atoms with Crippen molar-refractivity contribution in [1.82, 2.24) is 0 Å². The number of carbonyl (C=O) groups is 1. The first kappa shape index (κ1) is 17.3. The van der Waals surface area contributed by atoms with Crippen LogP contribution in [0.15, 0.2) is 46.9 Å². The Kier molecular flexibility index (Phi) is 5.43. The van der Waals surface area contributed by atoms with E-state index in [1.165, 1.54) is 0 Å². The lowest BCUT2D eigenvalue weighted by molar-refractivity contribution is 0.102. The Morgan fingerprint density at radius 3 is 2.71 bits per heavy atom. The van der Waals surface area contributed by atoms with Crippen molar-refractivity contribution in [2.45, 2.75) is 12.5 Å². The average molecular weight is 410 g/mol. The third-order valence-corrected chi connectivity index (χ3v) is 4.96. The fourth-order valence-electron chi connectivity index (χ4n) is 2.78. The summed E-state index contributed by atoms with van der Waals surface area (Å²) in [5.74, 6) is -0.227. The summed E-state index contributed by atoms with van der Waals surface area (Å²) in [5, 5.41) is 3.30. The summed E-state index contributed by atoms with van der Waals surface area (Å²) in [6.07, 6.45) is 1.33. The zero-order chi connectivity index (χ0) is 17.1. The standard InChI is InChI=1S/C18H18BrClN2O2/c1-24-15-8-9-22(11-15)14-5-3-13(4-6-14)21-18(23)16-10-12(19)2-7-17(16)20/h2-7,10,15H,8-9,11H2,1H3,(H,21,23)/t15-/m0/s1. The highest BCUT2D eigenvalue weighted by Crippen LogP contribution is 2.25. The fraction of sp³-hybridized carbons (Fsp3) is 0.278. The van der Waals surface area contributed by atoms with Gasteiger partial charge in [0.1, 0.15) is 0 Å². The average Bonchev–Trinajstić information content (AvgIpc) is 3.07. The number of hydrogen-bond donors (Lipinski definition) is 1. The van der Waals surface area contributed by atoms with Gasteiger partial charge in [0.2, 0.25) is 0 Å². The second-order valence-electron chi connectivity index (χ2n) is 5.72. The molecule has 1 amide bonds. The second-order valence-corrected chi connectivity index (χ2v) is 7.04. The van der Waals surface area contributed by atoms with E-state index in [-0.39, 0.29) is 5.91 Å². The summed E-state index contributed by atoms with van der Waals surface area (Å²) >= 11 is 9.45. The van der Waals surface area contributed by atoms with Crippen molar-refractivity contribution < 1.29 is 9.53 Å². The van der Waals surface area contributed by atoms with Crippen molar-refractivity contribution in [3.05, 3.63) is 57.5 Å². The summed E-state index contributed by atoms with van der Waals surface area (Å²) in [7, 11) is 1.75. The molecule has 1 atom stereocenters. The van der Waals surface area contributed by atoms with Crippen LogP contribution >= 0.6 is 27.5 Å². The second kappa shape index (κ2) is 7.55. The van der Waals surface area contributed by atoms with Crippen molar-refractivity contribution in [3.63, 3.8) is 0 Å². The van der Waals surface area contributed by atoms with Crippen LogP contribution in [-0.4, -0.2) is 32.2 Å². The van der Waals surface area contributed by atoms with Crippen molar-refractivity contribution in [1.29, 1.82) is 0 Å². The lowest BCUT2D eigenvalue weighted by Crippen LogP contribution is -2.22. The minimum absolute atomic E-state index is 0.227. The number of benzene rings is 2. The Hall–Kier alpha value is -1.56. The third-order valence-electron chi connectivity index (χ3n) is 4.14. The number of rotatable bonds is 4. The van der Waals surface area contributed by atoms with Crippen molar-refractivity contribution in [2.24, 2.45) is 0 Å². The zero-order valence-electron chi connectivity index (χ0n) is 13.3. The first-order chi connectivity index (χ1) is 11.6. The highest BCUT2D eigenvalue weighted by atomic mass is 79.9. The molecule has 1 saturated heterocycles. The number of hydrogen-bond acceptors (Lipinski definition) is 3. The number of nitrogens with one attached hydrogen (secondary N) is 1. The maximum absolute atomic E-state index is 12.4. The van der Waals surface area contributed by atoms with E-state index in [2.05, 4.69) is 26.1 Å². The third kappa shape index (κ3) is 3.91. The number of halogens is 2. The van der Waals surface area contributed by atoms with Crippen LogP contribution in [0, 0.1) is 0 Å². The summed E-state index contributed by atoms with van der Waals surface area (Å²) in [5.41, 5.74) is 2.31. The SMILES string of the molecule is CO[C@H]1CCN(c2ccc(NC(=O)c3cc(Br)ccc3Cl)cc2)C1. The smallest absolute Gasteiger partial charge is 0.257 e. The molecular weight excluding hydrogens is 392 g/mol. The molecule has 2 aromatic carbocycles. The van der Waals surface area contributed by atoms with Crippen LogP contribution in [-0.2, 0) is 4.74 Å². The monoisotopic (exact) mass is 408 g/mol. The Bertz CT molecular complexity index is 736. The van der Waals surface area contributed by atoms with Crippen molar-refractivity contribution >= 4 is 44.8 Å². The molecule has 24 heavy (non-hydrogen) atoms. The van der Waals surface area contributed by atoms with E-state index in [0.717, 1.165) is 35.4 Å². The van der Waals surface area contributed by atoms with Gasteiger partial charge in [-0.2, -0.15) is 0 Å². The molecule has 126 valence electrons. The van der Waals surface area contributed by atoms with Gasteiger partial charge >= 0.3 is 0 Å². The quantitative estimate of drug-likeness (QED) is 0.803. The number of ether oxygens (including phenoxy) is 1. The lowest BCUT2D eigenvalue weighted by Gasteiger charge is -2.18. The normalized spacial score (nSPS) is 17.1. The molecule has 2 aromatic rings. The minimum atomic E-state index is -0.227. The van der Waals surface area contributed by atoms with E-state index in [1.54, 1.807) is 25.3 Å². The van der Waals surface area contributed by atoms with E-state index in [0.29, 0.717) is 16.7 Å². The topological polar surface area (TPSA) is 41.6 Å². The molecule has 1 heterocycles. The number of anilines is 2. The molecule has 0 saturated carbocycles.